The van der Waals surface area contributed by atoms with Gasteiger partial charge in [-0.3, -0.25) is 5.10 Å². The van der Waals surface area contributed by atoms with E-state index in [-0.39, 0.29) is 11.5 Å². The lowest BCUT2D eigenvalue weighted by Gasteiger charge is -2.15. The van der Waals surface area contributed by atoms with Gasteiger partial charge in [0.1, 0.15) is 5.69 Å². The average molecular weight is 208 g/mol. The molecule has 1 unspecified atom stereocenters. The lowest BCUT2D eigenvalue weighted by Crippen LogP contribution is -2.14. The smallest absolute Gasteiger partial charge is 0.388 e. The molecule has 80 valence electrons. The van der Waals surface area contributed by atoms with Crippen LogP contribution >= 0.6 is 0 Å². The number of alkyl halides is 3. The Morgan fingerprint density at radius 1 is 1.43 bits per heavy atom. The van der Waals surface area contributed by atoms with Crippen LogP contribution in [0.25, 0.3) is 0 Å². The lowest BCUT2D eigenvalue weighted by atomic mass is 10.00. The number of aliphatic hydroxyl groups is 1. The number of aromatic nitrogens is 2. The molecule has 0 bridgehead atoms. The first kappa shape index (κ1) is 11.0. The molecule has 1 heterocycles. The van der Waals surface area contributed by atoms with Crippen LogP contribution in [0.2, 0.25) is 0 Å². The molecule has 0 amide bonds. The standard InChI is InChI=1S/C8H11F3N2O/c1-4(2)6(14)5-3-12-13-7(5)8(9,10)11/h3-4,6,14H,1-2H3,(H,12,13). The summed E-state index contributed by atoms with van der Waals surface area (Å²) in [6.45, 7) is 3.27. The molecule has 1 atom stereocenters. The fourth-order valence-electron chi connectivity index (χ4n) is 1.11. The van der Waals surface area contributed by atoms with Crippen molar-refractivity contribution in [3.8, 4) is 0 Å². The summed E-state index contributed by atoms with van der Waals surface area (Å²) < 4.78 is 37.0. The van der Waals surface area contributed by atoms with Crippen molar-refractivity contribution in [2.24, 2.45) is 5.92 Å². The van der Waals surface area contributed by atoms with E-state index in [1.807, 2.05) is 5.10 Å². The van der Waals surface area contributed by atoms with Gasteiger partial charge in [-0.25, -0.2) is 0 Å². The third-order valence-electron chi connectivity index (χ3n) is 1.90. The zero-order chi connectivity index (χ0) is 10.9. The number of halogens is 3. The molecule has 6 heteroatoms. The first-order valence-electron chi connectivity index (χ1n) is 4.12. The van der Waals surface area contributed by atoms with Gasteiger partial charge in [0.25, 0.3) is 0 Å². The molecule has 1 aromatic rings. The molecule has 0 saturated heterocycles. The monoisotopic (exact) mass is 208 g/mol. The number of H-pyrrole nitrogens is 1. The van der Waals surface area contributed by atoms with Crippen molar-refractivity contribution < 1.29 is 18.3 Å². The third-order valence-corrected chi connectivity index (χ3v) is 1.90. The van der Waals surface area contributed by atoms with E-state index >= 15 is 0 Å². The van der Waals surface area contributed by atoms with Crippen molar-refractivity contribution in [3.05, 3.63) is 17.5 Å². The second-order valence-corrected chi connectivity index (χ2v) is 3.39. The molecule has 2 N–H and O–H groups in total. The molecule has 0 aliphatic heterocycles. The number of aliphatic hydroxyl groups excluding tert-OH is 1. The minimum atomic E-state index is -4.50. The van der Waals surface area contributed by atoms with Gasteiger partial charge in [-0.15, -0.1) is 0 Å². The van der Waals surface area contributed by atoms with E-state index in [0.717, 1.165) is 6.20 Å². The Bertz CT molecular complexity index is 306. The number of rotatable bonds is 2. The third kappa shape index (κ3) is 2.06. The summed E-state index contributed by atoms with van der Waals surface area (Å²) >= 11 is 0. The molecule has 3 nitrogen and oxygen atoms in total. The van der Waals surface area contributed by atoms with Crippen LogP contribution in [0.4, 0.5) is 13.2 Å². The fourth-order valence-corrected chi connectivity index (χ4v) is 1.11. The highest BCUT2D eigenvalue weighted by atomic mass is 19.4. The van der Waals surface area contributed by atoms with Crippen LogP contribution < -0.4 is 0 Å². The summed E-state index contributed by atoms with van der Waals surface area (Å²) in [6, 6.07) is 0. The Balaban J connectivity index is 3.05. The zero-order valence-electron chi connectivity index (χ0n) is 7.76. The summed E-state index contributed by atoms with van der Waals surface area (Å²) in [7, 11) is 0. The normalized spacial score (nSPS) is 14.8. The highest BCUT2D eigenvalue weighted by Crippen LogP contribution is 2.34. The Kier molecular flexibility index (Phi) is 2.84. The average Bonchev–Trinajstić information content (AvgIpc) is 2.48. The predicted molar refractivity (Wildman–Crippen MR) is 43.4 cm³/mol. The molecule has 1 aromatic heterocycles. The topological polar surface area (TPSA) is 48.9 Å². The molecule has 0 aromatic carbocycles. The van der Waals surface area contributed by atoms with E-state index in [0.29, 0.717) is 0 Å². The van der Waals surface area contributed by atoms with Gasteiger partial charge in [0.2, 0.25) is 0 Å². The van der Waals surface area contributed by atoms with E-state index < -0.39 is 18.0 Å². The van der Waals surface area contributed by atoms with Gasteiger partial charge in [-0.1, -0.05) is 13.8 Å². The Morgan fingerprint density at radius 2 is 2.00 bits per heavy atom. The van der Waals surface area contributed by atoms with E-state index in [1.165, 1.54) is 0 Å². The quantitative estimate of drug-likeness (QED) is 0.782. The molecule has 0 radical (unpaired) electrons. The van der Waals surface area contributed by atoms with E-state index in [2.05, 4.69) is 5.10 Å². The van der Waals surface area contributed by atoms with Crippen LogP contribution in [-0.4, -0.2) is 15.3 Å². The number of hydrogen-bond donors (Lipinski definition) is 2. The SMILES string of the molecule is CC(C)C(O)c1cn[nH]c1C(F)(F)F. The van der Waals surface area contributed by atoms with Gasteiger partial charge >= 0.3 is 6.18 Å². The van der Waals surface area contributed by atoms with Gasteiger partial charge in [0.15, 0.2) is 0 Å². The fraction of sp³-hybridized carbons (Fsp3) is 0.625. The summed E-state index contributed by atoms with van der Waals surface area (Å²) in [5.74, 6) is -0.284. The van der Waals surface area contributed by atoms with Gasteiger partial charge in [0.05, 0.1) is 12.3 Å². The first-order valence-corrected chi connectivity index (χ1v) is 4.12. The summed E-state index contributed by atoms with van der Waals surface area (Å²) in [4.78, 5) is 0. The zero-order valence-corrected chi connectivity index (χ0v) is 7.76. The predicted octanol–water partition coefficient (Wildman–Crippen LogP) is 2.12. The minimum absolute atomic E-state index is 0.201. The molecule has 0 aliphatic carbocycles. The number of hydrogen-bond acceptors (Lipinski definition) is 2. The molecule has 0 spiro atoms. The Morgan fingerprint density at radius 3 is 2.43 bits per heavy atom. The molecule has 14 heavy (non-hydrogen) atoms. The van der Waals surface area contributed by atoms with Crippen LogP contribution in [0.1, 0.15) is 31.2 Å². The highest BCUT2D eigenvalue weighted by molar-refractivity contribution is 5.22. The lowest BCUT2D eigenvalue weighted by molar-refractivity contribution is -0.143. The molecular formula is C8H11F3N2O. The van der Waals surface area contributed by atoms with E-state index in [1.54, 1.807) is 13.8 Å². The summed E-state index contributed by atoms with van der Waals surface area (Å²) in [5, 5.41) is 14.6. The largest absolute Gasteiger partial charge is 0.433 e. The molecule has 0 aliphatic rings. The van der Waals surface area contributed by atoms with Crippen LogP contribution in [0.5, 0.6) is 0 Å². The second-order valence-electron chi connectivity index (χ2n) is 3.39. The Labute approximate surface area is 78.9 Å². The maximum Gasteiger partial charge on any atom is 0.433 e. The second kappa shape index (κ2) is 3.61. The van der Waals surface area contributed by atoms with Crippen LogP contribution in [-0.2, 0) is 6.18 Å². The van der Waals surface area contributed by atoms with Gasteiger partial charge < -0.3 is 5.11 Å². The van der Waals surface area contributed by atoms with Gasteiger partial charge in [-0.2, -0.15) is 18.3 Å². The maximum atomic E-state index is 12.3. The van der Waals surface area contributed by atoms with Crippen molar-refractivity contribution in [1.82, 2.24) is 10.2 Å². The number of nitrogens with one attached hydrogen (secondary N) is 1. The molecular weight excluding hydrogens is 197 g/mol. The Hall–Kier alpha value is -1.04. The van der Waals surface area contributed by atoms with Gasteiger partial charge in [-0.05, 0) is 5.92 Å². The maximum absolute atomic E-state index is 12.3. The van der Waals surface area contributed by atoms with Crippen molar-refractivity contribution >= 4 is 0 Å². The summed E-state index contributed by atoms with van der Waals surface area (Å²) in [5.41, 5.74) is -1.17. The number of aromatic amines is 1. The molecule has 0 saturated carbocycles. The minimum Gasteiger partial charge on any atom is -0.388 e. The van der Waals surface area contributed by atoms with Crippen molar-refractivity contribution in [3.63, 3.8) is 0 Å². The van der Waals surface area contributed by atoms with Crippen molar-refractivity contribution in [1.29, 1.82) is 0 Å². The van der Waals surface area contributed by atoms with Crippen LogP contribution in [0.15, 0.2) is 6.20 Å². The molecule has 0 fully saturated rings. The van der Waals surface area contributed by atoms with Crippen LogP contribution in [0, 0.1) is 5.92 Å². The van der Waals surface area contributed by atoms with Crippen molar-refractivity contribution in [2.75, 3.05) is 0 Å². The van der Waals surface area contributed by atoms with Crippen molar-refractivity contribution in [2.45, 2.75) is 26.1 Å². The van der Waals surface area contributed by atoms with Crippen LogP contribution in [0.3, 0.4) is 0 Å². The van der Waals surface area contributed by atoms with E-state index in [9.17, 15) is 18.3 Å². The first-order chi connectivity index (χ1) is 6.34. The molecule has 1 rings (SSSR count). The number of nitrogens with zero attached hydrogens (tertiary/aromatic N) is 1. The highest BCUT2D eigenvalue weighted by Gasteiger charge is 2.37. The summed E-state index contributed by atoms with van der Waals surface area (Å²) in [6.07, 6.45) is -4.64. The van der Waals surface area contributed by atoms with E-state index in [4.69, 9.17) is 0 Å². The van der Waals surface area contributed by atoms with Gasteiger partial charge in [0, 0.05) is 5.56 Å².